The van der Waals surface area contributed by atoms with E-state index in [0.29, 0.717) is 0 Å². The van der Waals surface area contributed by atoms with Gasteiger partial charge in [-0.05, 0) is 0 Å². The molecule has 0 bridgehead atoms. The molecule has 10 heteroatoms. The maximum atomic E-state index is 11.3. The Balaban J connectivity index is 0. The molecule has 0 aliphatic rings. The minimum absolute atomic E-state index is 0.824. The van der Waals surface area contributed by atoms with Gasteiger partial charge in [-0.3, -0.25) is 0 Å². The molecule has 0 aromatic heterocycles. The molecule has 0 aromatic carbocycles. The summed E-state index contributed by atoms with van der Waals surface area (Å²) in [6, 6.07) is 0. The second-order valence-electron chi connectivity index (χ2n) is 2.36. The van der Waals surface area contributed by atoms with Crippen molar-refractivity contribution < 1.29 is 45.8 Å². The van der Waals surface area contributed by atoms with Gasteiger partial charge in [0.1, 0.15) is 0 Å². The van der Waals surface area contributed by atoms with Crippen LogP contribution in [0.15, 0.2) is 0 Å². The van der Waals surface area contributed by atoms with Crippen molar-refractivity contribution in [1.29, 1.82) is 0 Å². The molecule has 0 N–H and O–H groups in total. The number of alkyl halides is 5. The van der Waals surface area contributed by atoms with Gasteiger partial charge in [0.05, 0.1) is 7.11 Å². The number of carbonyl (C=O) groups excluding carboxylic acids is 2. The van der Waals surface area contributed by atoms with Crippen LogP contribution in [0.25, 0.3) is 0 Å². The Morgan fingerprint density at radius 1 is 1.00 bits per heavy atom. The van der Waals surface area contributed by atoms with Gasteiger partial charge in [-0.25, -0.2) is 31.5 Å². The monoisotopic (exact) mass is 282 g/mol. The number of hydrogen-bond donors (Lipinski definition) is 0. The predicted octanol–water partition coefficient (Wildman–Crippen LogP) is 1.80. The number of methoxy groups -OCH3 is 1. The number of carbonyl (C=O) groups is 2. The lowest BCUT2D eigenvalue weighted by atomic mass is 10.7. The first kappa shape index (κ1) is 18.7. The number of esters is 1. The normalized spacial score (nSPS) is 9.56. The van der Waals surface area contributed by atoms with E-state index in [-0.39, 0.29) is 0 Å². The molecule has 18 heavy (non-hydrogen) atoms. The predicted molar refractivity (Wildman–Crippen MR) is 47.3 cm³/mol. The van der Waals surface area contributed by atoms with E-state index < -0.39 is 44.9 Å². The van der Waals surface area contributed by atoms with Crippen molar-refractivity contribution >= 4 is 12.1 Å². The summed E-state index contributed by atoms with van der Waals surface area (Å²) >= 11 is 0. The maximum absolute atomic E-state index is 11.3. The molecule has 0 saturated carbocycles. The van der Waals surface area contributed by atoms with E-state index >= 15 is 0 Å². The highest BCUT2D eigenvalue weighted by Gasteiger charge is 2.11. The van der Waals surface area contributed by atoms with Crippen molar-refractivity contribution in [2.24, 2.45) is 0 Å². The minimum Gasteiger partial charge on any atom is -0.467 e. The average molecular weight is 282 g/mol. The van der Waals surface area contributed by atoms with Gasteiger partial charge in [-0.1, -0.05) is 0 Å². The summed E-state index contributed by atoms with van der Waals surface area (Å²) < 4.78 is 67.5. The average Bonchev–Trinajstić information content (AvgIpc) is 2.33. The molecule has 0 spiro atoms. The van der Waals surface area contributed by atoms with Crippen molar-refractivity contribution in [3.8, 4) is 0 Å². The number of ether oxygens (including phenoxy) is 3. The van der Waals surface area contributed by atoms with E-state index in [9.17, 15) is 31.5 Å². The number of halogens is 5. The maximum Gasteiger partial charge on any atom is 0.508 e. The smallest absolute Gasteiger partial charge is 0.467 e. The quantitative estimate of drug-likeness (QED) is 0.568. The van der Waals surface area contributed by atoms with Crippen molar-refractivity contribution in [2.75, 3.05) is 27.0 Å². The first-order chi connectivity index (χ1) is 8.33. The van der Waals surface area contributed by atoms with Crippen LogP contribution in [0.5, 0.6) is 0 Å². The van der Waals surface area contributed by atoms with Crippen molar-refractivity contribution in [3.63, 3.8) is 0 Å². The molecular formula is C8H11F5O5. The zero-order valence-electron chi connectivity index (χ0n) is 9.21. The fraction of sp³-hybridized carbons (Fsp3) is 0.750. The van der Waals surface area contributed by atoms with Crippen LogP contribution in [-0.2, 0) is 19.0 Å². The SMILES string of the molecule is COC(=O)CF.O=C(OCC(F)F)OCC(F)F. The Morgan fingerprint density at radius 3 is 1.56 bits per heavy atom. The van der Waals surface area contributed by atoms with E-state index in [1.54, 1.807) is 0 Å². The van der Waals surface area contributed by atoms with E-state index in [4.69, 9.17) is 0 Å². The zero-order chi connectivity index (χ0) is 14.6. The second kappa shape index (κ2) is 11.9. The number of hydrogen-bond acceptors (Lipinski definition) is 5. The molecule has 0 unspecified atom stereocenters. The van der Waals surface area contributed by atoms with Gasteiger partial charge in [-0.2, -0.15) is 0 Å². The van der Waals surface area contributed by atoms with E-state index in [1.807, 2.05) is 0 Å². The molecule has 108 valence electrons. The van der Waals surface area contributed by atoms with Gasteiger partial charge in [0.15, 0.2) is 19.9 Å². The van der Waals surface area contributed by atoms with Crippen LogP contribution in [0.3, 0.4) is 0 Å². The van der Waals surface area contributed by atoms with Gasteiger partial charge in [0.25, 0.3) is 12.9 Å². The highest BCUT2D eigenvalue weighted by atomic mass is 19.3. The molecule has 5 nitrogen and oxygen atoms in total. The molecular weight excluding hydrogens is 271 g/mol. The van der Waals surface area contributed by atoms with Crippen molar-refractivity contribution in [1.82, 2.24) is 0 Å². The van der Waals surface area contributed by atoms with Crippen LogP contribution in [-0.4, -0.2) is 52.0 Å². The first-order valence-corrected chi connectivity index (χ1v) is 4.32. The third-order valence-electron chi connectivity index (χ3n) is 0.991. The highest BCUT2D eigenvalue weighted by Crippen LogP contribution is 1.97. The van der Waals surface area contributed by atoms with E-state index in [0.717, 1.165) is 7.11 Å². The van der Waals surface area contributed by atoms with E-state index in [1.165, 1.54) is 0 Å². The lowest BCUT2D eigenvalue weighted by molar-refractivity contribution is -0.141. The fourth-order valence-corrected chi connectivity index (χ4v) is 0.358. The first-order valence-electron chi connectivity index (χ1n) is 4.32. The summed E-state index contributed by atoms with van der Waals surface area (Å²) in [4.78, 5) is 19.7. The summed E-state index contributed by atoms with van der Waals surface area (Å²) in [5.41, 5.74) is 0. The van der Waals surface area contributed by atoms with Gasteiger partial charge in [0, 0.05) is 0 Å². The molecule has 0 heterocycles. The summed E-state index contributed by atoms with van der Waals surface area (Å²) in [5, 5.41) is 0. The van der Waals surface area contributed by atoms with Gasteiger partial charge < -0.3 is 14.2 Å². The molecule has 0 radical (unpaired) electrons. The largest absolute Gasteiger partial charge is 0.508 e. The van der Waals surface area contributed by atoms with Gasteiger partial charge in [-0.15, -0.1) is 0 Å². The van der Waals surface area contributed by atoms with E-state index in [2.05, 4.69) is 14.2 Å². The fourth-order valence-electron chi connectivity index (χ4n) is 0.358. The molecule has 0 aromatic rings. The Hall–Kier alpha value is -1.61. The van der Waals surface area contributed by atoms with Gasteiger partial charge in [0.2, 0.25) is 0 Å². The topological polar surface area (TPSA) is 61.8 Å². The molecule has 0 amide bonds. The lowest BCUT2D eigenvalue weighted by Gasteiger charge is -2.04. The third-order valence-corrected chi connectivity index (χ3v) is 0.991. The molecule has 0 saturated heterocycles. The molecule has 0 fully saturated rings. The van der Waals surface area contributed by atoms with Crippen molar-refractivity contribution in [2.45, 2.75) is 12.9 Å². The second-order valence-corrected chi connectivity index (χ2v) is 2.36. The minimum atomic E-state index is -2.83. The Labute approximate surface area is 98.8 Å². The van der Waals surface area contributed by atoms with Crippen molar-refractivity contribution in [3.05, 3.63) is 0 Å². The summed E-state index contributed by atoms with van der Waals surface area (Å²) in [6.07, 6.45) is -7.18. The van der Waals surface area contributed by atoms with Crippen LogP contribution in [0, 0.1) is 0 Å². The van der Waals surface area contributed by atoms with Crippen LogP contribution in [0.2, 0.25) is 0 Å². The van der Waals surface area contributed by atoms with Crippen LogP contribution >= 0.6 is 0 Å². The highest BCUT2D eigenvalue weighted by molar-refractivity contribution is 5.70. The molecule has 0 atom stereocenters. The summed E-state index contributed by atoms with van der Waals surface area (Å²) in [5.74, 6) is -0.824. The summed E-state index contributed by atoms with van der Waals surface area (Å²) in [6.45, 7) is -3.33. The number of rotatable bonds is 5. The molecule has 0 rings (SSSR count). The van der Waals surface area contributed by atoms with Crippen LogP contribution < -0.4 is 0 Å². The molecule has 0 aliphatic heterocycles. The van der Waals surface area contributed by atoms with Crippen LogP contribution in [0.4, 0.5) is 26.7 Å². The summed E-state index contributed by atoms with van der Waals surface area (Å²) in [7, 11) is 1.14. The standard InChI is InChI=1S/C5H6F4O3.C3H5FO2/c6-3(7)1-11-5(10)12-2-4(8)9;1-6-3(5)2-4/h3-4H,1-2H2;2H2,1H3. The lowest BCUT2D eigenvalue weighted by Crippen LogP contribution is -2.16. The Morgan fingerprint density at radius 2 is 1.39 bits per heavy atom. The zero-order valence-corrected chi connectivity index (χ0v) is 9.21. The Bertz CT molecular complexity index is 216. The van der Waals surface area contributed by atoms with Crippen LogP contribution in [0.1, 0.15) is 0 Å². The Kier molecular flexibility index (Phi) is 12.4. The molecule has 0 aliphatic carbocycles. The van der Waals surface area contributed by atoms with Gasteiger partial charge >= 0.3 is 12.1 Å². The third kappa shape index (κ3) is 16.8.